The van der Waals surface area contributed by atoms with Crippen molar-refractivity contribution < 1.29 is 13.2 Å². The van der Waals surface area contributed by atoms with E-state index in [1.54, 1.807) is 6.07 Å². The number of amides is 1. The van der Waals surface area contributed by atoms with Gasteiger partial charge < -0.3 is 5.73 Å². The van der Waals surface area contributed by atoms with E-state index in [9.17, 15) is 13.2 Å². The lowest BCUT2D eigenvalue weighted by Crippen LogP contribution is -2.14. The minimum atomic E-state index is -3.38. The summed E-state index contributed by atoms with van der Waals surface area (Å²) in [6.07, 6.45) is 7.53. The van der Waals surface area contributed by atoms with Crippen molar-refractivity contribution in [3.05, 3.63) is 34.9 Å². The third kappa shape index (κ3) is 2.46. The molecule has 0 bridgehead atoms. The first-order valence-corrected chi connectivity index (χ1v) is 7.62. The summed E-state index contributed by atoms with van der Waals surface area (Å²) in [5, 5.41) is 0. The van der Waals surface area contributed by atoms with Crippen LogP contribution in [0.5, 0.6) is 0 Å². The molecule has 0 heterocycles. The highest BCUT2D eigenvalue weighted by molar-refractivity contribution is 7.90. The molecule has 5 heteroatoms. The van der Waals surface area contributed by atoms with Crippen LogP contribution >= 0.6 is 0 Å². The third-order valence-electron chi connectivity index (χ3n) is 3.01. The number of allylic oxidation sites excluding steroid dienone is 1. The maximum Gasteiger partial charge on any atom is 0.248 e. The Kier molecular flexibility index (Phi) is 3.26. The first-order valence-electron chi connectivity index (χ1n) is 5.73. The number of carbonyl (C=O) groups excluding carboxylic acids is 1. The van der Waals surface area contributed by atoms with E-state index >= 15 is 0 Å². The van der Waals surface area contributed by atoms with Crippen LogP contribution in [0, 0.1) is 0 Å². The van der Waals surface area contributed by atoms with E-state index in [0.717, 1.165) is 31.1 Å². The van der Waals surface area contributed by atoms with Gasteiger partial charge in [0.1, 0.15) is 0 Å². The quantitative estimate of drug-likeness (QED) is 0.881. The summed E-state index contributed by atoms with van der Waals surface area (Å²) in [4.78, 5) is 11.4. The average Bonchev–Trinajstić information content (AvgIpc) is 2.50. The van der Waals surface area contributed by atoms with E-state index in [-0.39, 0.29) is 10.5 Å². The highest BCUT2D eigenvalue weighted by atomic mass is 32.2. The zero-order chi connectivity index (χ0) is 13.3. The molecule has 2 rings (SSSR count). The van der Waals surface area contributed by atoms with Gasteiger partial charge in [0, 0.05) is 11.8 Å². The topological polar surface area (TPSA) is 77.2 Å². The first kappa shape index (κ1) is 12.8. The molecule has 0 spiro atoms. The maximum absolute atomic E-state index is 11.8. The van der Waals surface area contributed by atoms with Crippen molar-refractivity contribution in [3.8, 4) is 0 Å². The molecule has 1 aliphatic rings. The number of hydrogen-bond acceptors (Lipinski definition) is 3. The number of hydrogen-bond donors (Lipinski definition) is 1. The van der Waals surface area contributed by atoms with Crippen LogP contribution in [0.3, 0.4) is 0 Å². The van der Waals surface area contributed by atoms with Gasteiger partial charge in [0.15, 0.2) is 9.84 Å². The lowest BCUT2D eigenvalue weighted by Gasteiger charge is -2.11. The van der Waals surface area contributed by atoms with Gasteiger partial charge in [-0.2, -0.15) is 0 Å². The van der Waals surface area contributed by atoms with Gasteiger partial charge in [0.2, 0.25) is 5.91 Å². The molecule has 0 atom stereocenters. The number of primary amides is 1. The molecule has 4 nitrogen and oxygen atoms in total. The van der Waals surface area contributed by atoms with E-state index in [4.69, 9.17) is 5.73 Å². The van der Waals surface area contributed by atoms with Crippen molar-refractivity contribution in [2.45, 2.75) is 24.2 Å². The SMILES string of the molecule is CS(=O)(=O)c1cc(C(N)=O)cc2c1C=CCCC2. The number of rotatable bonds is 2. The van der Waals surface area contributed by atoms with Gasteiger partial charge >= 0.3 is 0 Å². The monoisotopic (exact) mass is 265 g/mol. The van der Waals surface area contributed by atoms with Crippen molar-refractivity contribution in [2.24, 2.45) is 5.73 Å². The van der Waals surface area contributed by atoms with E-state index in [1.807, 2.05) is 12.2 Å². The summed E-state index contributed by atoms with van der Waals surface area (Å²) in [5.41, 5.74) is 7.07. The van der Waals surface area contributed by atoms with Crippen molar-refractivity contribution in [2.75, 3.05) is 6.26 Å². The van der Waals surface area contributed by atoms with E-state index < -0.39 is 15.7 Å². The minimum Gasteiger partial charge on any atom is -0.366 e. The second-order valence-corrected chi connectivity index (χ2v) is 6.46. The molecule has 18 heavy (non-hydrogen) atoms. The fourth-order valence-electron chi connectivity index (χ4n) is 2.14. The van der Waals surface area contributed by atoms with Gasteiger partial charge in [0.25, 0.3) is 0 Å². The van der Waals surface area contributed by atoms with E-state index in [2.05, 4.69) is 0 Å². The van der Waals surface area contributed by atoms with Crippen molar-refractivity contribution >= 4 is 21.8 Å². The Morgan fingerprint density at radius 3 is 2.67 bits per heavy atom. The highest BCUT2D eigenvalue weighted by Gasteiger charge is 2.19. The zero-order valence-electron chi connectivity index (χ0n) is 10.1. The molecule has 1 aromatic carbocycles. The van der Waals surface area contributed by atoms with Crippen molar-refractivity contribution in [1.82, 2.24) is 0 Å². The molecule has 2 N–H and O–H groups in total. The predicted molar refractivity (Wildman–Crippen MR) is 70.0 cm³/mol. The van der Waals surface area contributed by atoms with Crippen LogP contribution in [0.25, 0.3) is 6.08 Å². The van der Waals surface area contributed by atoms with Crippen LogP contribution in [-0.4, -0.2) is 20.6 Å². The second kappa shape index (κ2) is 4.57. The number of carbonyl (C=O) groups is 1. The van der Waals surface area contributed by atoms with Gasteiger partial charge in [-0.3, -0.25) is 4.79 Å². The summed E-state index contributed by atoms with van der Waals surface area (Å²) in [6, 6.07) is 3.06. The molecule has 0 aromatic heterocycles. The highest BCUT2D eigenvalue weighted by Crippen LogP contribution is 2.27. The van der Waals surface area contributed by atoms with E-state index in [0.29, 0.717) is 5.56 Å². The van der Waals surface area contributed by atoms with Crippen LogP contribution in [0.2, 0.25) is 0 Å². The molecule has 0 fully saturated rings. The van der Waals surface area contributed by atoms with Gasteiger partial charge in [-0.25, -0.2) is 8.42 Å². The molecule has 0 unspecified atom stereocenters. The summed E-state index contributed by atoms with van der Waals surface area (Å²) < 4.78 is 23.6. The number of fused-ring (bicyclic) bond motifs is 1. The van der Waals surface area contributed by atoms with Crippen molar-refractivity contribution in [3.63, 3.8) is 0 Å². The fraction of sp³-hybridized carbons (Fsp3) is 0.308. The minimum absolute atomic E-state index is 0.187. The average molecular weight is 265 g/mol. The standard InChI is InChI=1S/C13H15NO3S/c1-18(16,17)12-8-10(13(14)15)7-9-5-3-2-4-6-11(9)12/h4,6-8H,2-3,5H2,1H3,(H2,14,15). The normalized spacial score (nSPS) is 14.9. The largest absolute Gasteiger partial charge is 0.366 e. The number of aryl methyl sites for hydroxylation is 1. The summed E-state index contributed by atoms with van der Waals surface area (Å²) >= 11 is 0. The second-order valence-electron chi connectivity index (χ2n) is 4.48. The van der Waals surface area contributed by atoms with Crippen LogP contribution in [0.15, 0.2) is 23.1 Å². The fourth-order valence-corrected chi connectivity index (χ4v) is 3.08. The van der Waals surface area contributed by atoms with Crippen LogP contribution < -0.4 is 5.73 Å². The Morgan fingerprint density at radius 1 is 1.33 bits per heavy atom. The molecule has 1 aromatic rings. The predicted octanol–water partition coefficient (Wildman–Crippen LogP) is 1.54. The third-order valence-corrected chi connectivity index (χ3v) is 4.15. The Bertz CT molecular complexity index is 630. The molecule has 0 saturated heterocycles. The molecular formula is C13H15NO3S. The molecule has 0 radical (unpaired) electrons. The Labute approximate surface area is 106 Å². The van der Waals surface area contributed by atoms with Crippen LogP contribution in [-0.2, 0) is 16.3 Å². The maximum atomic E-state index is 11.8. The zero-order valence-corrected chi connectivity index (χ0v) is 11.0. The molecular weight excluding hydrogens is 250 g/mol. The number of benzene rings is 1. The van der Waals surface area contributed by atoms with E-state index in [1.165, 1.54) is 6.07 Å². The number of nitrogens with two attached hydrogens (primary N) is 1. The summed E-state index contributed by atoms with van der Waals surface area (Å²) in [6.45, 7) is 0. The number of sulfone groups is 1. The van der Waals surface area contributed by atoms with Gasteiger partial charge in [-0.15, -0.1) is 0 Å². The van der Waals surface area contributed by atoms with Gasteiger partial charge in [0.05, 0.1) is 4.90 Å². The van der Waals surface area contributed by atoms with Crippen LogP contribution in [0.4, 0.5) is 0 Å². The summed E-state index contributed by atoms with van der Waals surface area (Å²) in [7, 11) is -3.38. The van der Waals surface area contributed by atoms with Gasteiger partial charge in [-0.05, 0) is 42.5 Å². The summed E-state index contributed by atoms with van der Waals surface area (Å²) in [5.74, 6) is -0.601. The Hall–Kier alpha value is -1.62. The van der Waals surface area contributed by atoms with Crippen LogP contribution in [0.1, 0.15) is 34.3 Å². The lowest BCUT2D eigenvalue weighted by atomic mass is 10.0. The molecule has 1 aliphatic carbocycles. The van der Waals surface area contributed by atoms with Crippen molar-refractivity contribution in [1.29, 1.82) is 0 Å². The molecule has 0 saturated carbocycles. The molecule has 96 valence electrons. The Balaban J connectivity index is 2.76. The first-order chi connectivity index (χ1) is 8.39. The van der Waals surface area contributed by atoms with Gasteiger partial charge in [-0.1, -0.05) is 12.2 Å². The lowest BCUT2D eigenvalue weighted by molar-refractivity contribution is 0.1000. The molecule has 0 aliphatic heterocycles. The Morgan fingerprint density at radius 2 is 2.06 bits per heavy atom. The molecule has 1 amide bonds. The smallest absolute Gasteiger partial charge is 0.248 e.